The van der Waals surface area contributed by atoms with Gasteiger partial charge < -0.3 is 5.32 Å². The van der Waals surface area contributed by atoms with Gasteiger partial charge in [0.1, 0.15) is 0 Å². The van der Waals surface area contributed by atoms with Crippen LogP contribution in [0.4, 0.5) is 5.69 Å². The van der Waals surface area contributed by atoms with Crippen LogP contribution in [0, 0.1) is 18.3 Å². The maximum absolute atomic E-state index is 8.75. The third-order valence-electron chi connectivity index (χ3n) is 2.48. The number of anilines is 1. The molecule has 0 unspecified atom stereocenters. The van der Waals surface area contributed by atoms with Crippen LogP contribution in [0.1, 0.15) is 39.2 Å². The molecule has 0 radical (unpaired) electrons. The van der Waals surface area contributed by atoms with Crippen molar-refractivity contribution in [1.29, 1.82) is 5.26 Å². The highest BCUT2D eigenvalue weighted by molar-refractivity contribution is 5.54. The van der Waals surface area contributed by atoms with Crippen LogP contribution in [0.2, 0.25) is 0 Å². The highest BCUT2D eigenvalue weighted by Gasteiger charge is 2.03. The Kier molecular flexibility index (Phi) is 4.17. The van der Waals surface area contributed by atoms with Crippen molar-refractivity contribution in [3.05, 3.63) is 29.3 Å². The molecule has 1 aromatic carbocycles. The molecule has 2 nitrogen and oxygen atoms in total. The van der Waals surface area contributed by atoms with E-state index < -0.39 is 0 Å². The molecular formula is C13H20N2. The Morgan fingerprint density at radius 3 is 2.80 bits per heavy atom. The summed E-state index contributed by atoms with van der Waals surface area (Å²) in [6, 6.07) is 8.39. The molecule has 0 bridgehead atoms. The van der Waals surface area contributed by atoms with Gasteiger partial charge in [0.25, 0.3) is 0 Å². The van der Waals surface area contributed by atoms with Crippen molar-refractivity contribution in [3.8, 4) is 6.07 Å². The number of aryl methyl sites for hydroxylation is 1. The third kappa shape index (κ3) is 3.28. The number of nitrogens with one attached hydrogen (secondary N) is 1. The summed E-state index contributed by atoms with van der Waals surface area (Å²) >= 11 is 0. The van der Waals surface area contributed by atoms with E-state index in [1.165, 1.54) is 12.8 Å². The van der Waals surface area contributed by atoms with Crippen LogP contribution < -0.4 is 5.32 Å². The summed E-state index contributed by atoms with van der Waals surface area (Å²) < 4.78 is 0. The highest BCUT2D eigenvalue weighted by atomic mass is 14.9. The second-order valence-electron chi connectivity index (χ2n) is 3.98. The Morgan fingerprint density at radius 1 is 1.53 bits per heavy atom. The number of benzene rings is 1. The van der Waals surface area contributed by atoms with Crippen LogP contribution in [0.15, 0.2) is 18.2 Å². The zero-order valence-electron chi connectivity index (χ0n) is 9.67. The lowest BCUT2D eigenvalue weighted by molar-refractivity contribution is 0.690. The quantitative estimate of drug-likeness (QED) is 0.811. The lowest BCUT2D eigenvalue weighted by Gasteiger charge is -2.16. The minimum atomic E-state index is 0. The molecule has 0 aliphatic rings. The monoisotopic (exact) mass is 204 g/mol. The summed E-state index contributed by atoms with van der Waals surface area (Å²) in [7, 11) is 0. The number of hydrogen-bond acceptors (Lipinski definition) is 2. The zero-order valence-corrected chi connectivity index (χ0v) is 9.67. The standard InChI is InChI=1S/C13H18N2.H2/c1-4-5-11(3)15-13-7-6-12(9-14)8-10(13)2;/h6-8,11,15H,4-5H2,1-3H3;1H/t11-;/m0./s1. The Labute approximate surface area is 93.4 Å². The van der Waals surface area contributed by atoms with Crippen molar-refractivity contribution in [1.82, 2.24) is 0 Å². The normalized spacial score (nSPS) is 11.9. The molecule has 82 valence electrons. The first kappa shape index (κ1) is 11.6. The molecule has 1 N–H and O–H groups in total. The van der Waals surface area contributed by atoms with E-state index in [-0.39, 0.29) is 1.43 Å². The maximum atomic E-state index is 8.75. The van der Waals surface area contributed by atoms with E-state index >= 15 is 0 Å². The van der Waals surface area contributed by atoms with E-state index in [2.05, 4.69) is 25.2 Å². The number of hydrogen-bond donors (Lipinski definition) is 1. The summed E-state index contributed by atoms with van der Waals surface area (Å²) in [6.07, 6.45) is 2.35. The summed E-state index contributed by atoms with van der Waals surface area (Å²) in [4.78, 5) is 0. The van der Waals surface area contributed by atoms with Crippen LogP contribution in [-0.2, 0) is 0 Å². The van der Waals surface area contributed by atoms with Gasteiger partial charge in [0.15, 0.2) is 0 Å². The zero-order chi connectivity index (χ0) is 11.3. The van der Waals surface area contributed by atoms with Crippen LogP contribution in [0.25, 0.3) is 0 Å². The smallest absolute Gasteiger partial charge is 0.0991 e. The molecule has 1 atom stereocenters. The van der Waals surface area contributed by atoms with Gasteiger partial charge in [-0.25, -0.2) is 0 Å². The molecule has 0 aromatic heterocycles. The first-order chi connectivity index (χ1) is 7.17. The average molecular weight is 204 g/mol. The summed E-state index contributed by atoms with van der Waals surface area (Å²) in [5, 5.41) is 12.2. The fourth-order valence-corrected chi connectivity index (χ4v) is 1.67. The molecule has 15 heavy (non-hydrogen) atoms. The van der Waals surface area contributed by atoms with Crippen LogP contribution in [0.5, 0.6) is 0 Å². The molecule has 0 aliphatic heterocycles. The number of rotatable bonds is 4. The molecular weight excluding hydrogens is 184 g/mol. The van der Waals surface area contributed by atoms with Crippen LogP contribution >= 0.6 is 0 Å². The molecule has 1 rings (SSSR count). The van der Waals surface area contributed by atoms with E-state index in [0.717, 1.165) is 16.8 Å². The van der Waals surface area contributed by atoms with Crippen molar-refractivity contribution in [2.24, 2.45) is 0 Å². The van der Waals surface area contributed by atoms with E-state index in [0.29, 0.717) is 6.04 Å². The van der Waals surface area contributed by atoms with E-state index in [1.54, 1.807) is 0 Å². The summed E-state index contributed by atoms with van der Waals surface area (Å²) in [6.45, 7) is 6.40. The molecule has 0 heterocycles. The SMILES string of the molecule is CCC[C@H](C)Nc1ccc(C#N)cc1C.[HH]. The van der Waals surface area contributed by atoms with Crippen LogP contribution in [0.3, 0.4) is 0 Å². The Morgan fingerprint density at radius 2 is 2.27 bits per heavy atom. The first-order valence-electron chi connectivity index (χ1n) is 5.44. The maximum Gasteiger partial charge on any atom is 0.0991 e. The van der Waals surface area contributed by atoms with Crippen LogP contribution in [-0.4, -0.2) is 6.04 Å². The Balaban J connectivity index is 0.00000225. The topological polar surface area (TPSA) is 35.8 Å². The average Bonchev–Trinajstić information content (AvgIpc) is 2.21. The van der Waals surface area contributed by atoms with Crippen molar-refractivity contribution < 1.29 is 1.43 Å². The Bertz CT molecular complexity index is 369. The second-order valence-corrected chi connectivity index (χ2v) is 3.98. The lowest BCUT2D eigenvalue weighted by atomic mass is 10.1. The van der Waals surface area contributed by atoms with Gasteiger partial charge in [0.2, 0.25) is 0 Å². The van der Waals surface area contributed by atoms with Gasteiger partial charge in [0, 0.05) is 13.2 Å². The van der Waals surface area contributed by atoms with Gasteiger partial charge in [-0.2, -0.15) is 5.26 Å². The molecule has 0 spiro atoms. The highest BCUT2D eigenvalue weighted by Crippen LogP contribution is 2.17. The van der Waals surface area contributed by atoms with Crippen molar-refractivity contribution in [3.63, 3.8) is 0 Å². The lowest BCUT2D eigenvalue weighted by Crippen LogP contribution is -2.15. The fraction of sp³-hybridized carbons (Fsp3) is 0.462. The number of nitriles is 1. The molecule has 2 heteroatoms. The first-order valence-corrected chi connectivity index (χ1v) is 5.44. The van der Waals surface area contributed by atoms with Crippen molar-refractivity contribution >= 4 is 5.69 Å². The van der Waals surface area contributed by atoms with Gasteiger partial charge in [-0.05, 0) is 44.0 Å². The van der Waals surface area contributed by atoms with Gasteiger partial charge in [-0.1, -0.05) is 13.3 Å². The third-order valence-corrected chi connectivity index (χ3v) is 2.48. The van der Waals surface area contributed by atoms with Gasteiger partial charge in [-0.15, -0.1) is 0 Å². The van der Waals surface area contributed by atoms with Crippen molar-refractivity contribution in [2.75, 3.05) is 5.32 Å². The Hall–Kier alpha value is -1.49. The van der Waals surface area contributed by atoms with E-state index in [9.17, 15) is 0 Å². The summed E-state index contributed by atoms with van der Waals surface area (Å²) in [5.41, 5.74) is 2.99. The number of nitrogens with zero attached hydrogens (tertiary/aromatic N) is 1. The predicted molar refractivity (Wildman–Crippen MR) is 66.0 cm³/mol. The predicted octanol–water partition coefficient (Wildman–Crippen LogP) is 3.71. The molecule has 0 saturated heterocycles. The largest absolute Gasteiger partial charge is 0.382 e. The molecule has 1 aromatic rings. The fourth-order valence-electron chi connectivity index (χ4n) is 1.67. The van der Waals surface area contributed by atoms with Crippen molar-refractivity contribution in [2.45, 2.75) is 39.7 Å². The summed E-state index contributed by atoms with van der Waals surface area (Å²) in [5.74, 6) is 0. The van der Waals surface area contributed by atoms with E-state index in [1.807, 2.05) is 25.1 Å². The molecule has 0 aliphatic carbocycles. The molecule has 0 amide bonds. The molecule has 0 fully saturated rings. The van der Waals surface area contributed by atoms with Gasteiger partial charge in [-0.3, -0.25) is 0 Å². The van der Waals surface area contributed by atoms with Gasteiger partial charge in [0.05, 0.1) is 11.6 Å². The minimum absolute atomic E-state index is 0. The second kappa shape index (κ2) is 5.41. The van der Waals surface area contributed by atoms with E-state index in [4.69, 9.17) is 5.26 Å². The molecule has 0 saturated carbocycles. The minimum Gasteiger partial charge on any atom is -0.382 e. The van der Waals surface area contributed by atoms with Gasteiger partial charge >= 0.3 is 0 Å².